The molecule has 4 aromatic rings. The van der Waals surface area contributed by atoms with E-state index >= 15 is 0 Å². The third kappa shape index (κ3) is 2.91. The van der Waals surface area contributed by atoms with Crippen molar-refractivity contribution in [2.45, 2.75) is 20.4 Å². The molecule has 0 aliphatic carbocycles. The number of aromatic nitrogens is 4. The molecule has 0 unspecified atom stereocenters. The highest BCUT2D eigenvalue weighted by molar-refractivity contribution is 5.74. The van der Waals surface area contributed by atoms with Gasteiger partial charge in [0.25, 0.3) is 0 Å². The van der Waals surface area contributed by atoms with Crippen LogP contribution >= 0.6 is 0 Å². The highest BCUT2D eigenvalue weighted by Gasteiger charge is 2.16. The van der Waals surface area contributed by atoms with Crippen LogP contribution < -0.4 is 5.32 Å². The fourth-order valence-electron chi connectivity index (χ4n) is 2.92. The number of fused-ring (bicyclic) bond motifs is 1. The van der Waals surface area contributed by atoms with Crippen molar-refractivity contribution in [3.05, 3.63) is 71.3 Å². The van der Waals surface area contributed by atoms with Crippen LogP contribution in [0.3, 0.4) is 0 Å². The van der Waals surface area contributed by atoms with Gasteiger partial charge in [-0.05, 0) is 43.2 Å². The van der Waals surface area contributed by atoms with E-state index in [0.717, 1.165) is 39.8 Å². The van der Waals surface area contributed by atoms with Gasteiger partial charge in [0.1, 0.15) is 28.7 Å². The van der Waals surface area contributed by atoms with Gasteiger partial charge in [-0.25, -0.2) is 9.97 Å². The summed E-state index contributed by atoms with van der Waals surface area (Å²) < 4.78 is 2.05. The van der Waals surface area contributed by atoms with Crippen LogP contribution in [0.15, 0.2) is 48.8 Å². The van der Waals surface area contributed by atoms with Gasteiger partial charge in [0, 0.05) is 18.9 Å². The number of aromatic amines is 1. The predicted molar refractivity (Wildman–Crippen MR) is 101 cm³/mol. The minimum absolute atomic E-state index is 0.629. The van der Waals surface area contributed by atoms with E-state index in [9.17, 15) is 0 Å². The molecule has 0 spiro atoms. The zero-order valence-electron chi connectivity index (χ0n) is 14.6. The Labute approximate surface area is 151 Å². The van der Waals surface area contributed by atoms with Crippen LogP contribution in [0.1, 0.15) is 22.5 Å². The van der Waals surface area contributed by atoms with Gasteiger partial charge in [-0.15, -0.1) is 0 Å². The largest absolute Gasteiger partial charge is 0.365 e. The average molecular weight is 342 g/mol. The number of aryl methyl sites for hydroxylation is 2. The van der Waals surface area contributed by atoms with E-state index in [-0.39, 0.29) is 0 Å². The summed E-state index contributed by atoms with van der Waals surface area (Å²) in [5, 5.41) is 12.4. The summed E-state index contributed by atoms with van der Waals surface area (Å²) in [5.41, 5.74) is 5.40. The first kappa shape index (κ1) is 15.9. The Bertz CT molecular complexity index is 1110. The second-order valence-electron chi connectivity index (χ2n) is 6.28. The summed E-state index contributed by atoms with van der Waals surface area (Å²) in [6, 6.07) is 13.8. The van der Waals surface area contributed by atoms with Crippen molar-refractivity contribution in [2.24, 2.45) is 0 Å². The molecule has 0 radical (unpaired) electrons. The summed E-state index contributed by atoms with van der Waals surface area (Å²) in [7, 11) is 0. The zero-order chi connectivity index (χ0) is 18.1. The Morgan fingerprint density at radius 1 is 1.12 bits per heavy atom. The monoisotopic (exact) mass is 342 g/mol. The fourth-order valence-corrected chi connectivity index (χ4v) is 2.92. The van der Waals surface area contributed by atoms with E-state index in [4.69, 9.17) is 10.2 Å². The van der Waals surface area contributed by atoms with E-state index in [2.05, 4.69) is 38.9 Å². The first-order valence-electron chi connectivity index (χ1n) is 8.38. The number of hydrogen-bond donors (Lipinski definition) is 2. The number of anilines is 1. The van der Waals surface area contributed by atoms with Crippen LogP contribution in [-0.4, -0.2) is 19.4 Å². The van der Waals surface area contributed by atoms with Gasteiger partial charge in [0.15, 0.2) is 0 Å². The molecule has 3 aromatic heterocycles. The second kappa shape index (κ2) is 6.37. The van der Waals surface area contributed by atoms with Gasteiger partial charge in [-0.3, -0.25) is 4.40 Å². The van der Waals surface area contributed by atoms with E-state index in [1.807, 2.05) is 49.5 Å². The molecular weight excluding hydrogens is 324 g/mol. The lowest BCUT2D eigenvalue weighted by atomic mass is 10.1. The smallest absolute Gasteiger partial charge is 0.140 e. The van der Waals surface area contributed by atoms with Crippen molar-refractivity contribution in [3.8, 4) is 17.5 Å². The van der Waals surface area contributed by atoms with E-state index in [1.54, 1.807) is 0 Å². The maximum absolute atomic E-state index is 8.93. The average Bonchev–Trinajstić information content (AvgIpc) is 3.23. The summed E-state index contributed by atoms with van der Waals surface area (Å²) >= 11 is 0. The molecule has 6 nitrogen and oxygen atoms in total. The molecule has 0 fully saturated rings. The lowest BCUT2D eigenvalue weighted by Gasteiger charge is -2.09. The SMILES string of the molecule is Cc1ccc2nc(-c3c[nH]c(C)n3)c(NCc3ccc(C#N)cc3)n2c1. The van der Waals surface area contributed by atoms with Crippen molar-refractivity contribution in [1.29, 1.82) is 5.26 Å². The molecule has 0 amide bonds. The van der Waals surface area contributed by atoms with E-state index in [0.29, 0.717) is 12.1 Å². The summed E-state index contributed by atoms with van der Waals surface area (Å²) in [6.07, 6.45) is 3.93. The highest BCUT2D eigenvalue weighted by atomic mass is 15.1. The first-order chi connectivity index (χ1) is 12.6. The predicted octanol–water partition coefficient (Wildman–Crippen LogP) is 3.83. The summed E-state index contributed by atoms with van der Waals surface area (Å²) in [4.78, 5) is 12.4. The third-order valence-corrected chi connectivity index (χ3v) is 4.26. The first-order valence-corrected chi connectivity index (χ1v) is 8.38. The van der Waals surface area contributed by atoms with Gasteiger partial charge in [0.05, 0.1) is 11.6 Å². The molecule has 0 bridgehead atoms. The molecule has 26 heavy (non-hydrogen) atoms. The molecule has 1 aromatic carbocycles. The lowest BCUT2D eigenvalue weighted by molar-refractivity contribution is 1.07. The van der Waals surface area contributed by atoms with Gasteiger partial charge in [-0.2, -0.15) is 5.26 Å². The maximum Gasteiger partial charge on any atom is 0.140 e. The maximum atomic E-state index is 8.93. The third-order valence-electron chi connectivity index (χ3n) is 4.26. The Balaban J connectivity index is 1.73. The summed E-state index contributed by atoms with van der Waals surface area (Å²) in [6.45, 7) is 4.61. The van der Waals surface area contributed by atoms with Crippen molar-refractivity contribution in [2.75, 3.05) is 5.32 Å². The van der Waals surface area contributed by atoms with Gasteiger partial charge < -0.3 is 10.3 Å². The van der Waals surface area contributed by atoms with Crippen molar-refractivity contribution in [3.63, 3.8) is 0 Å². The molecule has 6 heteroatoms. The van der Waals surface area contributed by atoms with E-state index in [1.165, 1.54) is 0 Å². The van der Waals surface area contributed by atoms with Crippen molar-refractivity contribution >= 4 is 11.5 Å². The fraction of sp³-hybridized carbons (Fsp3) is 0.150. The number of nitrogens with one attached hydrogen (secondary N) is 2. The number of H-pyrrole nitrogens is 1. The highest BCUT2D eigenvalue weighted by Crippen LogP contribution is 2.28. The molecule has 2 N–H and O–H groups in total. The van der Waals surface area contributed by atoms with Crippen LogP contribution in [0, 0.1) is 25.2 Å². The van der Waals surface area contributed by atoms with Crippen molar-refractivity contribution < 1.29 is 0 Å². The Morgan fingerprint density at radius 2 is 1.92 bits per heavy atom. The molecular formula is C20H18N6. The Kier molecular flexibility index (Phi) is 3.90. The van der Waals surface area contributed by atoms with Crippen LogP contribution in [0.25, 0.3) is 17.0 Å². The quantitative estimate of drug-likeness (QED) is 0.590. The number of imidazole rings is 2. The molecule has 0 saturated carbocycles. The second-order valence-corrected chi connectivity index (χ2v) is 6.28. The molecule has 0 saturated heterocycles. The normalized spacial score (nSPS) is 10.8. The number of pyridine rings is 1. The van der Waals surface area contributed by atoms with Crippen LogP contribution in [0.4, 0.5) is 5.82 Å². The minimum atomic E-state index is 0.629. The number of hydrogen-bond acceptors (Lipinski definition) is 4. The molecule has 0 aliphatic heterocycles. The lowest BCUT2D eigenvalue weighted by Crippen LogP contribution is -2.03. The topological polar surface area (TPSA) is 81.8 Å². The van der Waals surface area contributed by atoms with Crippen LogP contribution in [-0.2, 0) is 6.54 Å². The van der Waals surface area contributed by atoms with Gasteiger partial charge in [-0.1, -0.05) is 18.2 Å². The molecule has 0 atom stereocenters. The zero-order valence-corrected chi connectivity index (χ0v) is 14.6. The number of nitriles is 1. The van der Waals surface area contributed by atoms with E-state index < -0.39 is 0 Å². The molecule has 128 valence electrons. The number of benzene rings is 1. The molecule has 0 aliphatic rings. The molecule has 3 heterocycles. The van der Waals surface area contributed by atoms with Crippen LogP contribution in [0.5, 0.6) is 0 Å². The minimum Gasteiger partial charge on any atom is -0.365 e. The van der Waals surface area contributed by atoms with Crippen molar-refractivity contribution in [1.82, 2.24) is 19.4 Å². The van der Waals surface area contributed by atoms with Crippen LogP contribution in [0.2, 0.25) is 0 Å². The molecule has 4 rings (SSSR count). The van der Waals surface area contributed by atoms with Gasteiger partial charge >= 0.3 is 0 Å². The standard InChI is InChI=1S/C20H18N6/c1-13-3-8-18-25-19(17-11-22-14(2)24-17)20(26(18)12-13)23-10-16-6-4-15(9-21)5-7-16/h3-8,11-12,23H,10H2,1-2H3,(H,22,24). The Hall–Kier alpha value is -3.59. The number of nitrogens with zero attached hydrogens (tertiary/aromatic N) is 4. The summed E-state index contributed by atoms with van der Waals surface area (Å²) in [5.74, 6) is 1.76. The number of rotatable bonds is 4. The van der Waals surface area contributed by atoms with Gasteiger partial charge in [0.2, 0.25) is 0 Å². The Morgan fingerprint density at radius 3 is 2.62 bits per heavy atom.